The second-order valence-electron chi connectivity index (χ2n) is 5.46. The molecule has 0 radical (unpaired) electrons. The Hall–Kier alpha value is -2.88. The monoisotopic (exact) mass is 319 g/mol. The van der Waals surface area contributed by atoms with E-state index in [1.54, 1.807) is 0 Å². The summed E-state index contributed by atoms with van der Waals surface area (Å²) in [4.78, 5) is 2.34. The normalized spacial score (nSPS) is 11.1. The van der Waals surface area contributed by atoms with E-state index in [1.807, 2.05) is 24.3 Å². The minimum Gasteiger partial charge on any atom is -0.423 e. The average molecular weight is 319 g/mol. The number of anilines is 1. The fraction of sp³-hybridized carbons (Fsp3) is 0.200. The first-order valence-electron chi connectivity index (χ1n) is 8.20. The van der Waals surface area contributed by atoms with E-state index in [-0.39, 0.29) is 0 Å². The Morgan fingerprint density at radius 1 is 0.875 bits per heavy atom. The molecule has 0 amide bonds. The van der Waals surface area contributed by atoms with Crippen molar-refractivity contribution in [2.24, 2.45) is 0 Å². The summed E-state index contributed by atoms with van der Waals surface area (Å²) in [6.45, 7) is 6.40. The maximum absolute atomic E-state index is 5.19. The van der Waals surface area contributed by atoms with Gasteiger partial charge in [0, 0.05) is 24.3 Å². The van der Waals surface area contributed by atoms with Crippen LogP contribution in [0.2, 0.25) is 0 Å². The molecule has 0 saturated carbocycles. The molecule has 0 unspecified atom stereocenters. The van der Waals surface area contributed by atoms with Crippen molar-refractivity contribution in [3.63, 3.8) is 0 Å². The molecule has 3 aromatic rings. The van der Waals surface area contributed by atoms with Gasteiger partial charge >= 0.3 is 0 Å². The first-order chi connectivity index (χ1) is 11.8. The highest BCUT2D eigenvalue weighted by atomic mass is 16.4. The average Bonchev–Trinajstić information content (AvgIpc) is 3.17. The second-order valence-corrected chi connectivity index (χ2v) is 5.46. The largest absolute Gasteiger partial charge is 0.423 e. The van der Waals surface area contributed by atoms with Crippen molar-refractivity contribution >= 4 is 17.8 Å². The second kappa shape index (κ2) is 7.59. The van der Waals surface area contributed by atoms with Gasteiger partial charge in [0.15, 0.2) is 0 Å². The maximum Gasteiger partial charge on any atom is 0.247 e. The number of rotatable bonds is 6. The summed E-state index contributed by atoms with van der Waals surface area (Å²) < 4.78 is 5.19. The molecule has 24 heavy (non-hydrogen) atoms. The van der Waals surface area contributed by atoms with Gasteiger partial charge in [0.25, 0.3) is 0 Å². The standard InChI is InChI=1S/C20H21N3O/c1-3-23(4-2)19-13-9-17(10-14-19)6-5-16-7-11-18(12-8-16)20-22-21-15-24-20/h5-15H,3-4H2,1-2H3. The van der Waals surface area contributed by atoms with E-state index in [4.69, 9.17) is 4.42 Å². The van der Waals surface area contributed by atoms with Gasteiger partial charge in [-0.25, -0.2) is 0 Å². The van der Waals surface area contributed by atoms with Gasteiger partial charge in [-0.3, -0.25) is 0 Å². The summed E-state index contributed by atoms with van der Waals surface area (Å²) >= 11 is 0. The molecule has 4 heteroatoms. The maximum atomic E-state index is 5.19. The van der Waals surface area contributed by atoms with Gasteiger partial charge < -0.3 is 9.32 Å². The zero-order chi connectivity index (χ0) is 16.8. The third-order valence-electron chi connectivity index (χ3n) is 4.01. The van der Waals surface area contributed by atoms with Crippen LogP contribution in [-0.2, 0) is 0 Å². The third-order valence-corrected chi connectivity index (χ3v) is 4.01. The molecule has 2 aromatic carbocycles. The highest BCUT2D eigenvalue weighted by molar-refractivity contribution is 5.71. The van der Waals surface area contributed by atoms with Crippen molar-refractivity contribution in [2.75, 3.05) is 18.0 Å². The van der Waals surface area contributed by atoms with Crippen molar-refractivity contribution in [1.82, 2.24) is 10.2 Å². The van der Waals surface area contributed by atoms with Crippen LogP contribution >= 0.6 is 0 Å². The van der Waals surface area contributed by atoms with E-state index in [1.165, 1.54) is 17.6 Å². The topological polar surface area (TPSA) is 42.2 Å². The lowest BCUT2D eigenvalue weighted by atomic mass is 10.1. The lowest BCUT2D eigenvalue weighted by Gasteiger charge is -2.20. The van der Waals surface area contributed by atoms with Gasteiger partial charge in [0.1, 0.15) is 0 Å². The predicted molar refractivity (Wildman–Crippen MR) is 98.7 cm³/mol. The summed E-state index contributed by atoms with van der Waals surface area (Å²) in [5, 5.41) is 7.60. The first kappa shape index (κ1) is 16.0. The zero-order valence-electron chi connectivity index (χ0n) is 14.0. The lowest BCUT2D eigenvalue weighted by molar-refractivity contribution is 0.568. The van der Waals surface area contributed by atoms with Crippen molar-refractivity contribution in [3.8, 4) is 11.5 Å². The SMILES string of the molecule is CCN(CC)c1ccc(C=Cc2ccc(-c3nnco3)cc2)cc1. The summed E-state index contributed by atoms with van der Waals surface area (Å²) in [6, 6.07) is 16.7. The third kappa shape index (κ3) is 3.71. The van der Waals surface area contributed by atoms with Gasteiger partial charge in [0.05, 0.1) is 0 Å². The van der Waals surface area contributed by atoms with Crippen LogP contribution in [0.3, 0.4) is 0 Å². The van der Waals surface area contributed by atoms with Crippen molar-refractivity contribution in [3.05, 3.63) is 66.1 Å². The molecule has 0 bridgehead atoms. The lowest BCUT2D eigenvalue weighted by Crippen LogP contribution is -2.21. The van der Waals surface area contributed by atoms with Crippen molar-refractivity contribution in [2.45, 2.75) is 13.8 Å². The number of hydrogen-bond donors (Lipinski definition) is 0. The molecule has 0 spiro atoms. The van der Waals surface area contributed by atoms with Crippen molar-refractivity contribution < 1.29 is 4.42 Å². The van der Waals surface area contributed by atoms with E-state index >= 15 is 0 Å². The summed E-state index contributed by atoms with van der Waals surface area (Å²) in [5.74, 6) is 0.539. The van der Waals surface area contributed by atoms with Crippen LogP contribution in [0.1, 0.15) is 25.0 Å². The molecule has 122 valence electrons. The van der Waals surface area contributed by atoms with Crippen LogP contribution in [0.25, 0.3) is 23.6 Å². The number of benzene rings is 2. The van der Waals surface area contributed by atoms with Crippen LogP contribution in [-0.4, -0.2) is 23.3 Å². The minimum absolute atomic E-state index is 0.539. The van der Waals surface area contributed by atoms with E-state index in [2.05, 4.69) is 65.4 Å². The molecule has 0 aliphatic carbocycles. The van der Waals surface area contributed by atoms with E-state index in [0.29, 0.717) is 5.89 Å². The highest BCUT2D eigenvalue weighted by Gasteiger charge is 2.02. The highest BCUT2D eigenvalue weighted by Crippen LogP contribution is 2.19. The van der Waals surface area contributed by atoms with Gasteiger partial charge in [-0.15, -0.1) is 10.2 Å². The Kier molecular flexibility index (Phi) is 5.06. The molecule has 0 fully saturated rings. The molecule has 0 aliphatic heterocycles. The van der Waals surface area contributed by atoms with Gasteiger partial charge in [-0.05, 0) is 49.2 Å². The Morgan fingerprint density at radius 3 is 1.96 bits per heavy atom. The van der Waals surface area contributed by atoms with Crippen LogP contribution in [0.4, 0.5) is 5.69 Å². The molecular weight excluding hydrogens is 298 g/mol. The van der Waals surface area contributed by atoms with E-state index in [0.717, 1.165) is 24.2 Å². The number of aromatic nitrogens is 2. The van der Waals surface area contributed by atoms with E-state index in [9.17, 15) is 0 Å². The molecule has 0 atom stereocenters. The first-order valence-corrected chi connectivity index (χ1v) is 8.20. The van der Waals surface area contributed by atoms with Crippen LogP contribution in [0, 0.1) is 0 Å². The fourth-order valence-electron chi connectivity index (χ4n) is 2.61. The molecule has 0 saturated heterocycles. The van der Waals surface area contributed by atoms with Crippen LogP contribution in [0.15, 0.2) is 59.3 Å². The molecule has 1 aromatic heterocycles. The summed E-state index contributed by atoms with van der Waals surface area (Å²) in [6.07, 6.45) is 5.56. The van der Waals surface area contributed by atoms with Crippen LogP contribution in [0.5, 0.6) is 0 Å². The van der Waals surface area contributed by atoms with Crippen LogP contribution < -0.4 is 4.90 Å². The molecule has 3 rings (SSSR count). The molecule has 4 nitrogen and oxygen atoms in total. The van der Waals surface area contributed by atoms with Gasteiger partial charge in [0.2, 0.25) is 12.3 Å². The molecular formula is C20H21N3O. The Bertz CT molecular complexity index is 771. The number of nitrogens with zero attached hydrogens (tertiary/aromatic N) is 3. The summed E-state index contributed by atoms with van der Waals surface area (Å²) in [7, 11) is 0. The predicted octanol–water partition coefficient (Wildman–Crippen LogP) is 4.75. The Labute approximate surface area is 142 Å². The zero-order valence-corrected chi connectivity index (χ0v) is 14.0. The van der Waals surface area contributed by atoms with E-state index < -0.39 is 0 Å². The Morgan fingerprint density at radius 2 is 1.46 bits per heavy atom. The minimum atomic E-state index is 0.539. The quantitative estimate of drug-likeness (QED) is 0.615. The van der Waals surface area contributed by atoms with Crippen molar-refractivity contribution in [1.29, 1.82) is 0 Å². The fourth-order valence-corrected chi connectivity index (χ4v) is 2.61. The molecule has 0 N–H and O–H groups in total. The molecule has 0 aliphatic rings. The van der Waals surface area contributed by atoms with Gasteiger partial charge in [-0.1, -0.05) is 36.4 Å². The number of hydrogen-bond acceptors (Lipinski definition) is 4. The summed E-state index contributed by atoms with van der Waals surface area (Å²) in [5.41, 5.74) is 4.51. The Balaban J connectivity index is 1.69. The van der Waals surface area contributed by atoms with Gasteiger partial charge in [-0.2, -0.15) is 0 Å². The smallest absolute Gasteiger partial charge is 0.247 e. The molecule has 1 heterocycles.